The van der Waals surface area contributed by atoms with Crippen LogP contribution in [-0.4, -0.2) is 57.8 Å². The molecule has 0 unspecified atom stereocenters. The molecule has 0 bridgehead atoms. The van der Waals surface area contributed by atoms with E-state index in [9.17, 15) is 4.79 Å². The van der Waals surface area contributed by atoms with Gasteiger partial charge in [0, 0.05) is 27.3 Å². The molecule has 1 aromatic rings. The van der Waals surface area contributed by atoms with E-state index in [1.54, 1.807) is 26.4 Å². The van der Waals surface area contributed by atoms with Gasteiger partial charge in [-0.3, -0.25) is 9.69 Å². The van der Waals surface area contributed by atoms with Crippen molar-refractivity contribution < 1.29 is 14.3 Å². The zero-order valence-corrected chi connectivity index (χ0v) is 12.2. The molecule has 4 nitrogen and oxygen atoms in total. The molecule has 0 spiro atoms. The summed E-state index contributed by atoms with van der Waals surface area (Å²) in [4.78, 5) is 14.7. The van der Waals surface area contributed by atoms with Crippen molar-refractivity contribution in [3.05, 3.63) is 21.3 Å². The summed E-state index contributed by atoms with van der Waals surface area (Å²) in [5.41, 5.74) is 0. The van der Waals surface area contributed by atoms with Crippen LogP contribution in [0.15, 0.2) is 12.1 Å². The zero-order valence-electron chi connectivity index (χ0n) is 10.6. The van der Waals surface area contributed by atoms with Crippen molar-refractivity contribution in [2.45, 2.75) is 0 Å². The highest BCUT2D eigenvalue weighted by Crippen LogP contribution is 2.21. The number of carbonyl (C=O) groups excluding carboxylic acids is 1. The molecule has 0 aliphatic heterocycles. The summed E-state index contributed by atoms with van der Waals surface area (Å²) in [6.07, 6.45) is 0. The van der Waals surface area contributed by atoms with E-state index in [2.05, 4.69) is 0 Å². The summed E-state index contributed by atoms with van der Waals surface area (Å²) in [5.74, 6) is 0.0825. The highest BCUT2D eigenvalue weighted by atomic mass is 35.5. The largest absolute Gasteiger partial charge is 0.383 e. The smallest absolute Gasteiger partial charge is 0.186 e. The summed E-state index contributed by atoms with van der Waals surface area (Å²) in [5, 5.41) is 0. The van der Waals surface area contributed by atoms with E-state index in [4.69, 9.17) is 21.1 Å². The first kappa shape index (κ1) is 15.6. The Balaban J connectivity index is 2.50. The van der Waals surface area contributed by atoms with E-state index < -0.39 is 0 Å². The fraction of sp³-hybridized carbons (Fsp3) is 0.583. The SMILES string of the molecule is COCCN(CCOC)CC(=O)c1ccc(Cl)s1. The lowest BCUT2D eigenvalue weighted by molar-refractivity contribution is 0.0840. The highest BCUT2D eigenvalue weighted by molar-refractivity contribution is 7.18. The average Bonchev–Trinajstić information content (AvgIpc) is 2.79. The Hall–Kier alpha value is -0.460. The van der Waals surface area contributed by atoms with Gasteiger partial charge in [0.25, 0.3) is 0 Å². The van der Waals surface area contributed by atoms with Crippen LogP contribution in [0.3, 0.4) is 0 Å². The lowest BCUT2D eigenvalue weighted by atomic mass is 10.3. The molecule has 0 atom stereocenters. The second-order valence-corrected chi connectivity index (χ2v) is 5.50. The fourth-order valence-electron chi connectivity index (χ4n) is 1.46. The van der Waals surface area contributed by atoms with Crippen LogP contribution >= 0.6 is 22.9 Å². The molecule has 18 heavy (non-hydrogen) atoms. The van der Waals surface area contributed by atoms with Gasteiger partial charge in [0.05, 0.1) is 29.0 Å². The number of hydrogen-bond acceptors (Lipinski definition) is 5. The molecule has 0 aliphatic rings. The Morgan fingerprint density at radius 2 is 1.89 bits per heavy atom. The van der Waals surface area contributed by atoms with Crippen LogP contribution in [0.2, 0.25) is 4.34 Å². The molecule has 6 heteroatoms. The van der Waals surface area contributed by atoms with Gasteiger partial charge in [0.1, 0.15) is 0 Å². The van der Waals surface area contributed by atoms with Crippen molar-refractivity contribution in [3.63, 3.8) is 0 Å². The van der Waals surface area contributed by atoms with Gasteiger partial charge in [-0.2, -0.15) is 0 Å². The molecule has 102 valence electrons. The number of thiophene rings is 1. The van der Waals surface area contributed by atoms with Gasteiger partial charge in [0.15, 0.2) is 5.78 Å². The molecule has 0 amide bonds. The predicted molar refractivity (Wildman–Crippen MR) is 73.9 cm³/mol. The van der Waals surface area contributed by atoms with Crippen molar-refractivity contribution in [1.29, 1.82) is 0 Å². The van der Waals surface area contributed by atoms with Gasteiger partial charge in [-0.25, -0.2) is 0 Å². The maximum atomic E-state index is 12.0. The van der Waals surface area contributed by atoms with E-state index in [1.165, 1.54) is 11.3 Å². The van der Waals surface area contributed by atoms with Crippen molar-refractivity contribution >= 4 is 28.7 Å². The van der Waals surface area contributed by atoms with Crippen molar-refractivity contribution in [1.82, 2.24) is 4.90 Å². The topological polar surface area (TPSA) is 38.8 Å². The molecule has 1 aromatic heterocycles. The fourth-order valence-corrected chi connectivity index (χ4v) is 2.43. The molecule has 0 fully saturated rings. The number of halogens is 1. The number of hydrogen-bond donors (Lipinski definition) is 0. The highest BCUT2D eigenvalue weighted by Gasteiger charge is 2.14. The van der Waals surface area contributed by atoms with E-state index in [-0.39, 0.29) is 5.78 Å². The zero-order chi connectivity index (χ0) is 13.4. The molecular weight excluding hydrogens is 274 g/mol. The third-order valence-corrected chi connectivity index (χ3v) is 3.71. The number of ether oxygens (including phenoxy) is 2. The monoisotopic (exact) mass is 291 g/mol. The van der Waals surface area contributed by atoms with Crippen molar-refractivity contribution in [3.8, 4) is 0 Å². The Labute approximate surface area is 116 Å². The van der Waals surface area contributed by atoms with E-state index in [1.807, 2.05) is 4.90 Å². The maximum absolute atomic E-state index is 12.0. The maximum Gasteiger partial charge on any atom is 0.186 e. The number of carbonyl (C=O) groups is 1. The Bertz CT molecular complexity index is 362. The lowest BCUT2D eigenvalue weighted by Gasteiger charge is -2.20. The first-order chi connectivity index (χ1) is 8.67. The molecule has 0 saturated carbocycles. The molecule has 1 heterocycles. The normalized spacial score (nSPS) is 11.1. The minimum Gasteiger partial charge on any atom is -0.383 e. The molecular formula is C12H18ClNO3S. The van der Waals surface area contributed by atoms with Gasteiger partial charge in [0.2, 0.25) is 0 Å². The van der Waals surface area contributed by atoms with Crippen molar-refractivity contribution in [2.75, 3.05) is 47.1 Å². The van der Waals surface area contributed by atoms with Gasteiger partial charge in [-0.05, 0) is 12.1 Å². The van der Waals surface area contributed by atoms with Crippen LogP contribution in [0, 0.1) is 0 Å². The summed E-state index contributed by atoms with van der Waals surface area (Å²) in [7, 11) is 3.30. The quantitative estimate of drug-likeness (QED) is 0.654. The third kappa shape index (κ3) is 5.46. The Morgan fingerprint density at radius 3 is 2.33 bits per heavy atom. The Kier molecular flexibility index (Phi) is 7.46. The van der Waals surface area contributed by atoms with Gasteiger partial charge in [-0.15, -0.1) is 11.3 Å². The number of Topliss-reactive ketones (excluding diaryl/α,β-unsaturated/α-hetero) is 1. The van der Waals surface area contributed by atoms with Crippen LogP contribution in [0.1, 0.15) is 9.67 Å². The lowest BCUT2D eigenvalue weighted by Crippen LogP contribution is -2.35. The average molecular weight is 292 g/mol. The van der Waals surface area contributed by atoms with Gasteiger partial charge < -0.3 is 9.47 Å². The minimum absolute atomic E-state index is 0.0825. The summed E-state index contributed by atoms with van der Waals surface area (Å²) in [6.45, 7) is 2.99. The standard InChI is InChI=1S/C12H18ClNO3S/c1-16-7-5-14(6-8-17-2)9-10(15)11-3-4-12(13)18-11/h3-4H,5-9H2,1-2H3. The number of methoxy groups -OCH3 is 2. The minimum atomic E-state index is 0.0825. The van der Waals surface area contributed by atoms with Crippen LogP contribution in [0.5, 0.6) is 0 Å². The molecule has 0 aliphatic carbocycles. The van der Waals surface area contributed by atoms with Crippen LogP contribution < -0.4 is 0 Å². The van der Waals surface area contributed by atoms with Crippen molar-refractivity contribution in [2.24, 2.45) is 0 Å². The second kappa shape index (κ2) is 8.61. The molecule has 0 radical (unpaired) electrons. The van der Waals surface area contributed by atoms with E-state index in [0.717, 1.165) is 0 Å². The molecule has 0 saturated heterocycles. The first-order valence-electron chi connectivity index (χ1n) is 5.66. The Morgan fingerprint density at radius 1 is 1.28 bits per heavy atom. The number of rotatable bonds is 9. The summed E-state index contributed by atoms with van der Waals surface area (Å²) < 4.78 is 10.7. The van der Waals surface area contributed by atoms with Crippen LogP contribution in [0.25, 0.3) is 0 Å². The van der Waals surface area contributed by atoms with E-state index in [0.29, 0.717) is 42.1 Å². The summed E-state index contributed by atoms with van der Waals surface area (Å²) >= 11 is 7.13. The van der Waals surface area contributed by atoms with Crippen LogP contribution in [0.4, 0.5) is 0 Å². The van der Waals surface area contributed by atoms with Gasteiger partial charge >= 0.3 is 0 Å². The number of nitrogens with zero attached hydrogens (tertiary/aromatic N) is 1. The predicted octanol–water partition coefficient (Wildman–Crippen LogP) is 2.18. The van der Waals surface area contributed by atoms with Crippen LogP contribution in [-0.2, 0) is 9.47 Å². The summed E-state index contributed by atoms with van der Waals surface area (Å²) in [6, 6.07) is 3.51. The molecule has 0 N–H and O–H groups in total. The molecule has 0 aromatic carbocycles. The third-order valence-electron chi connectivity index (χ3n) is 2.44. The second-order valence-electron chi connectivity index (χ2n) is 3.79. The number of ketones is 1. The first-order valence-corrected chi connectivity index (χ1v) is 6.85. The van der Waals surface area contributed by atoms with E-state index >= 15 is 0 Å². The van der Waals surface area contributed by atoms with Gasteiger partial charge in [-0.1, -0.05) is 11.6 Å². The molecule has 1 rings (SSSR count).